The van der Waals surface area contributed by atoms with Crippen LogP contribution in [0.3, 0.4) is 0 Å². The lowest BCUT2D eigenvalue weighted by Gasteiger charge is -2.13. The van der Waals surface area contributed by atoms with E-state index in [1.54, 1.807) is 6.26 Å². The summed E-state index contributed by atoms with van der Waals surface area (Å²) in [5.41, 5.74) is 3.53. The van der Waals surface area contributed by atoms with Crippen LogP contribution in [0.25, 0.3) is 0 Å². The Morgan fingerprint density at radius 1 is 1.04 bits per heavy atom. The first-order valence-electron chi connectivity index (χ1n) is 7.90. The van der Waals surface area contributed by atoms with Crippen molar-refractivity contribution in [2.75, 3.05) is 0 Å². The normalized spacial score (nSPS) is 10.3. The van der Waals surface area contributed by atoms with Gasteiger partial charge in [-0.05, 0) is 42.8 Å². The average molecular weight is 423 g/mol. The molecule has 0 unspecified atom stereocenters. The summed E-state index contributed by atoms with van der Waals surface area (Å²) in [5, 5.41) is 3.38. The number of rotatable bonds is 7. The minimum Gasteiger partial charge on any atom is -0.489 e. The maximum atomic E-state index is 6.02. The van der Waals surface area contributed by atoms with Crippen LogP contribution in [0.5, 0.6) is 5.75 Å². The Hall–Kier alpha value is -1.75. The van der Waals surface area contributed by atoms with Gasteiger partial charge < -0.3 is 14.5 Å². The molecule has 1 heterocycles. The van der Waals surface area contributed by atoms with Crippen LogP contribution in [0.1, 0.15) is 22.5 Å². The minimum atomic E-state index is 0. The summed E-state index contributed by atoms with van der Waals surface area (Å²) in [4.78, 5) is 0. The highest BCUT2D eigenvalue weighted by atomic mass is 79.9. The molecule has 3 rings (SSSR count). The quantitative estimate of drug-likeness (QED) is 0.535. The first-order chi connectivity index (χ1) is 11.7. The number of furan rings is 1. The maximum absolute atomic E-state index is 6.02. The van der Waals surface area contributed by atoms with Gasteiger partial charge in [0.1, 0.15) is 18.1 Å². The number of benzene rings is 2. The van der Waals surface area contributed by atoms with Crippen molar-refractivity contribution in [3.8, 4) is 5.75 Å². The zero-order valence-electron chi connectivity index (χ0n) is 14.0. The van der Waals surface area contributed by atoms with Crippen molar-refractivity contribution in [1.82, 2.24) is 5.32 Å². The first-order valence-corrected chi connectivity index (χ1v) is 8.70. The van der Waals surface area contributed by atoms with Gasteiger partial charge in [-0.15, -0.1) is 12.4 Å². The van der Waals surface area contributed by atoms with Gasteiger partial charge in [0.15, 0.2) is 0 Å². The standard InChI is InChI=1S/C20H20BrNO2.ClH/c1-15-4-6-16(7-5-15)14-24-20-9-8-18(21)11-17(20)12-22-13-19-3-2-10-23-19;/h2-11,22H,12-14H2,1H3;1H. The zero-order valence-corrected chi connectivity index (χ0v) is 16.4. The fourth-order valence-electron chi connectivity index (χ4n) is 2.41. The summed E-state index contributed by atoms with van der Waals surface area (Å²) in [6.07, 6.45) is 1.69. The van der Waals surface area contributed by atoms with Crippen LogP contribution in [-0.2, 0) is 19.7 Å². The van der Waals surface area contributed by atoms with E-state index in [4.69, 9.17) is 9.15 Å². The first kappa shape index (κ1) is 19.6. The number of nitrogens with one attached hydrogen (secondary N) is 1. The van der Waals surface area contributed by atoms with Crippen molar-refractivity contribution >= 4 is 28.3 Å². The lowest BCUT2D eigenvalue weighted by molar-refractivity contribution is 0.302. The molecule has 0 spiro atoms. The molecule has 0 fully saturated rings. The average Bonchev–Trinajstić information content (AvgIpc) is 3.09. The van der Waals surface area contributed by atoms with Crippen molar-refractivity contribution in [3.63, 3.8) is 0 Å². The van der Waals surface area contributed by atoms with Crippen molar-refractivity contribution in [2.24, 2.45) is 0 Å². The van der Waals surface area contributed by atoms with Crippen LogP contribution in [0.15, 0.2) is 69.8 Å². The predicted molar refractivity (Wildman–Crippen MR) is 106 cm³/mol. The van der Waals surface area contributed by atoms with Gasteiger partial charge in [-0.2, -0.15) is 0 Å². The van der Waals surface area contributed by atoms with Gasteiger partial charge in [-0.3, -0.25) is 0 Å². The lowest BCUT2D eigenvalue weighted by atomic mass is 10.1. The third kappa shape index (κ3) is 5.92. The largest absolute Gasteiger partial charge is 0.489 e. The van der Waals surface area contributed by atoms with Gasteiger partial charge in [-0.1, -0.05) is 45.8 Å². The fraction of sp³-hybridized carbons (Fsp3) is 0.200. The van der Waals surface area contributed by atoms with Crippen LogP contribution in [0.4, 0.5) is 0 Å². The molecule has 132 valence electrons. The number of halogens is 2. The fourth-order valence-corrected chi connectivity index (χ4v) is 2.81. The Morgan fingerprint density at radius 3 is 2.56 bits per heavy atom. The second-order valence-corrected chi connectivity index (χ2v) is 6.62. The predicted octanol–water partition coefficient (Wildman–Crippen LogP) is 5.64. The van der Waals surface area contributed by atoms with E-state index >= 15 is 0 Å². The summed E-state index contributed by atoms with van der Waals surface area (Å²) in [5.74, 6) is 1.82. The SMILES string of the molecule is Cc1ccc(COc2ccc(Br)cc2CNCc2ccco2)cc1.Cl. The Bertz CT molecular complexity index is 773. The number of hydrogen-bond donors (Lipinski definition) is 1. The zero-order chi connectivity index (χ0) is 16.8. The van der Waals surface area contributed by atoms with Gasteiger partial charge in [0, 0.05) is 16.6 Å². The molecule has 0 aliphatic carbocycles. The van der Waals surface area contributed by atoms with Crippen molar-refractivity contribution in [3.05, 3.63) is 87.8 Å². The molecule has 0 aliphatic rings. The van der Waals surface area contributed by atoms with E-state index < -0.39 is 0 Å². The molecule has 2 aromatic carbocycles. The Labute approximate surface area is 162 Å². The Balaban J connectivity index is 0.00000225. The molecule has 0 amide bonds. The highest BCUT2D eigenvalue weighted by Gasteiger charge is 2.06. The molecule has 1 N–H and O–H groups in total. The smallest absolute Gasteiger partial charge is 0.124 e. The lowest BCUT2D eigenvalue weighted by Crippen LogP contribution is -2.13. The molecule has 3 nitrogen and oxygen atoms in total. The van der Waals surface area contributed by atoms with Crippen molar-refractivity contribution < 1.29 is 9.15 Å². The molecule has 0 saturated carbocycles. The van der Waals surface area contributed by atoms with Gasteiger partial charge in [0.2, 0.25) is 0 Å². The molecule has 0 radical (unpaired) electrons. The van der Waals surface area contributed by atoms with E-state index in [0.717, 1.165) is 27.1 Å². The highest BCUT2D eigenvalue weighted by molar-refractivity contribution is 9.10. The summed E-state index contributed by atoms with van der Waals surface area (Å²) >= 11 is 3.53. The molecule has 1 aromatic heterocycles. The van der Waals surface area contributed by atoms with Gasteiger partial charge in [0.05, 0.1) is 12.8 Å². The summed E-state index contributed by atoms with van der Waals surface area (Å²) < 4.78 is 12.4. The van der Waals surface area contributed by atoms with E-state index in [-0.39, 0.29) is 12.4 Å². The third-order valence-electron chi connectivity index (χ3n) is 3.73. The molecule has 0 atom stereocenters. The molecular formula is C20H21BrClNO2. The highest BCUT2D eigenvalue weighted by Crippen LogP contribution is 2.24. The van der Waals surface area contributed by atoms with E-state index in [1.807, 2.05) is 24.3 Å². The number of ether oxygens (including phenoxy) is 1. The second-order valence-electron chi connectivity index (χ2n) is 5.71. The van der Waals surface area contributed by atoms with Crippen LogP contribution in [0.2, 0.25) is 0 Å². The van der Waals surface area contributed by atoms with Gasteiger partial charge in [-0.25, -0.2) is 0 Å². The van der Waals surface area contributed by atoms with E-state index in [1.165, 1.54) is 5.56 Å². The van der Waals surface area contributed by atoms with Crippen molar-refractivity contribution in [1.29, 1.82) is 0 Å². The monoisotopic (exact) mass is 421 g/mol. The number of hydrogen-bond acceptors (Lipinski definition) is 3. The summed E-state index contributed by atoms with van der Waals surface area (Å²) in [7, 11) is 0. The Kier molecular flexibility index (Phi) is 7.56. The van der Waals surface area contributed by atoms with Crippen LogP contribution >= 0.6 is 28.3 Å². The second kappa shape index (κ2) is 9.66. The summed E-state index contributed by atoms with van der Waals surface area (Å²) in [6, 6.07) is 18.3. The van der Waals surface area contributed by atoms with Crippen LogP contribution in [0, 0.1) is 6.92 Å². The van der Waals surface area contributed by atoms with Crippen LogP contribution < -0.4 is 10.1 Å². The van der Waals surface area contributed by atoms with Gasteiger partial charge >= 0.3 is 0 Å². The van der Waals surface area contributed by atoms with Gasteiger partial charge in [0.25, 0.3) is 0 Å². The molecule has 3 aromatic rings. The molecule has 5 heteroatoms. The molecule has 0 aliphatic heterocycles. The number of aryl methyl sites for hydroxylation is 1. The van der Waals surface area contributed by atoms with Crippen molar-refractivity contribution in [2.45, 2.75) is 26.6 Å². The maximum Gasteiger partial charge on any atom is 0.124 e. The molecular weight excluding hydrogens is 402 g/mol. The van der Waals surface area contributed by atoms with Crippen LogP contribution in [-0.4, -0.2) is 0 Å². The van der Waals surface area contributed by atoms with E-state index in [9.17, 15) is 0 Å². The third-order valence-corrected chi connectivity index (χ3v) is 4.23. The summed E-state index contributed by atoms with van der Waals surface area (Å²) in [6.45, 7) is 4.05. The Morgan fingerprint density at radius 2 is 1.84 bits per heavy atom. The van der Waals surface area contributed by atoms with E-state index in [0.29, 0.717) is 19.7 Å². The molecule has 0 saturated heterocycles. The molecule has 25 heavy (non-hydrogen) atoms. The topological polar surface area (TPSA) is 34.4 Å². The molecule has 0 bridgehead atoms. The minimum absolute atomic E-state index is 0. The van der Waals surface area contributed by atoms with E-state index in [2.05, 4.69) is 58.5 Å².